The summed E-state index contributed by atoms with van der Waals surface area (Å²) in [5.41, 5.74) is 2.11. The molecule has 0 N–H and O–H groups in total. The lowest BCUT2D eigenvalue weighted by Crippen LogP contribution is -2.26. The van der Waals surface area contributed by atoms with Gasteiger partial charge >= 0.3 is 5.97 Å². The molecular formula is C14H21NO3. The van der Waals surface area contributed by atoms with Crippen molar-refractivity contribution in [1.29, 1.82) is 0 Å². The lowest BCUT2D eigenvalue weighted by Gasteiger charge is -2.20. The van der Waals surface area contributed by atoms with Crippen LogP contribution in [0.5, 0.6) is 5.75 Å². The number of benzene rings is 1. The van der Waals surface area contributed by atoms with Gasteiger partial charge < -0.3 is 14.4 Å². The largest absolute Gasteiger partial charge is 0.496 e. The fourth-order valence-corrected chi connectivity index (χ4v) is 1.76. The van der Waals surface area contributed by atoms with E-state index in [1.165, 1.54) is 7.11 Å². The summed E-state index contributed by atoms with van der Waals surface area (Å²) in [7, 11) is 4.92. The molecule has 0 atom stereocenters. The molecule has 0 amide bonds. The molecule has 0 saturated carbocycles. The monoisotopic (exact) mass is 251 g/mol. The molecule has 1 aromatic carbocycles. The smallest absolute Gasteiger partial charge is 0.325 e. The Bertz CT molecular complexity index is 416. The van der Waals surface area contributed by atoms with Crippen LogP contribution >= 0.6 is 0 Å². The number of esters is 1. The molecule has 4 nitrogen and oxygen atoms in total. The minimum atomic E-state index is -0.251. The van der Waals surface area contributed by atoms with Crippen molar-refractivity contribution < 1.29 is 14.3 Å². The molecule has 0 aromatic heterocycles. The molecule has 0 saturated heterocycles. The van der Waals surface area contributed by atoms with Gasteiger partial charge in [0.15, 0.2) is 0 Å². The Morgan fingerprint density at radius 2 is 2.00 bits per heavy atom. The number of likely N-dealkylation sites (N-methyl/N-ethyl adjacent to an activating group) is 1. The van der Waals surface area contributed by atoms with E-state index in [1.54, 1.807) is 7.11 Å². The predicted octanol–water partition coefficient (Wildman–Crippen LogP) is 2.43. The first-order valence-corrected chi connectivity index (χ1v) is 5.95. The highest BCUT2D eigenvalue weighted by atomic mass is 16.5. The van der Waals surface area contributed by atoms with Gasteiger partial charge in [-0.25, -0.2) is 0 Å². The second kappa shape index (κ2) is 6.28. The molecule has 1 aromatic rings. The van der Waals surface area contributed by atoms with E-state index in [0.717, 1.165) is 17.0 Å². The first-order chi connectivity index (χ1) is 8.49. The van der Waals surface area contributed by atoms with Gasteiger partial charge in [-0.3, -0.25) is 4.79 Å². The van der Waals surface area contributed by atoms with Crippen molar-refractivity contribution in [2.75, 3.05) is 32.7 Å². The van der Waals surface area contributed by atoms with Crippen molar-refractivity contribution in [1.82, 2.24) is 0 Å². The number of hydrogen-bond donors (Lipinski definition) is 0. The fraction of sp³-hybridized carbons (Fsp3) is 0.500. The summed E-state index contributed by atoms with van der Waals surface area (Å²) >= 11 is 0. The molecule has 100 valence electrons. The maximum atomic E-state index is 11.2. The molecule has 0 aliphatic heterocycles. The van der Waals surface area contributed by atoms with Crippen molar-refractivity contribution in [3.63, 3.8) is 0 Å². The van der Waals surface area contributed by atoms with Crippen LogP contribution in [0.2, 0.25) is 0 Å². The van der Waals surface area contributed by atoms with Crippen LogP contribution in [0.1, 0.15) is 25.3 Å². The summed E-state index contributed by atoms with van der Waals surface area (Å²) in [6.45, 7) is 4.46. The molecule has 1 rings (SSSR count). The molecule has 0 heterocycles. The number of ether oxygens (including phenoxy) is 2. The zero-order valence-corrected chi connectivity index (χ0v) is 11.7. The van der Waals surface area contributed by atoms with E-state index >= 15 is 0 Å². The molecule has 18 heavy (non-hydrogen) atoms. The van der Waals surface area contributed by atoms with Gasteiger partial charge in [0.25, 0.3) is 0 Å². The summed E-state index contributed by atoms with van der Waals surface area (Å²) in [6, 6.07) is 5.92. The third-order valence-electron chi connectivity index (χ3n) is 2.87. The summed E-state index contributed by atoms with van der Waals surface area (Å²) in [4.78, 5) is 13.1. The zero-order valence-electron chi connectivity index (χ0n) is 11.7. The molecule has 0 aliphatic carbocycles. The Kier molecular flexibility index (Phi) is 5.01. The van der Waals surface area contributed by atoms with Gasteiger partial charge in [0.05, 0.1) is 14.2 Å². The highest BCUT2D eigenvalue weighted by molar-refractivity contribution is 5.75. The van der Waals surface area contributed by atoms with Gasteiger partial charge in [0.1, 0.15) is 12.3 Å². The van der Waals surface area contributed by atoms with Crippen LogP contribution in [0.3, 0.4) is 0 Å². The Labute approximate surface area is 108 Å². The van der Waals surface area contributed by atoms with Crippen LogP contribution in [0.15, 0.2) is 18.2 Å². The summed E-state index contributed by atoms with van der Waals surface area (Å²) in [5, 5.41) is 0. The second-order valence-corrected chi connectivity index (χ2v) is 4.51. The van der Waals surface area contributed by atoms with Crippen molar-refractivity contribution in [2.24, 2.45) is 0 Å². The van der Waals surface area contributed by atoms with E-state index in [4.69, 9.17) is 4.74 Å². The van der Waals surface area contributed by atoms with Gasteiger partial charge in [-0.05, 0) is 29.7 Å². The van der Waals surface area contributed by atoms with Crippen LogP contribution in [0.25, 0.3) is 0 Å². The standard InChI is InChI=1S/C14H21NO3/c1-10(2)12-8-11(6-7-13(12)17-4)15(3)9-14(16)18-5/h6-8,10H,9H2,1-5H3. The van der Waals surface area contributed by atoms with Gasteiger partial charge in [0.2, 0.25) is 0 Å². The number of anilines is 1. The minimum Gasteiger partial charge on any atom is -0.496 e. The molecule has 4 heteroatoms. The fourth-order valence-electron chi connectivity index (χ4n) is 1.76. The molecule has 0 radical (unpaired) electrons. The molecule has 0 bridgehead atoms. The van der Waals surface area contributed by atoms with Crippen molar-refractivity contribution in [3.05, 3.63) is 23.8 Å². The predicted molar refractivity (Wildman–Crippen MR) is 72.4 cm³/mol. The average Bonchev–Trinajstić information content (AvgIpc) is 2.37. The van der Waals surface area contributed by atoms with Crippen LogP contribution in [0.4, 0.5) is 5.69 Å². The Morgan fingerprint density at radius 1 is 1.33 bits per heavy atom. The van der Waals surface area contributed by atoms with E-state index in [1.807, 2.05) is 30.1 Å². The average molecular weight is 251 g/mol. The maximum absolute atomic E-state index is 11.2. The second-order valence-electron chi connectivity index (χ2n) is 4.51. The van der Waals surface area contributed by atoms with E-state index in [9.17, 15) is 4.79 Å². The number of carbonyl (C=O) groups excluding carboxylic acids is 1. The number of hydrogen-bond acceptors (Lipinski definition) is 4. The van der Waals surface area contributed by atoms with Crippen LogP contribution < -0.4 is 9.64 Å². The van der Waals surface area contributed by atoms with Gasteiger partial charge in [-0.1, -0.05) is 13.8 Å². The summed E-state index contributed by atoms with van der Waals surface area (Å²) in [6.07, 6.45) is 0. The van der Waals surface area contributed by atoms with Crippen LogP contribution in [-0.2, 0) is 9.53 Å². The van der Waals surface area contributed by atoms with E-state index in [-0.39, 0.29) is 12.5 Å². The number of carbonyl (C=O) groups is 1. The molecular weight excluding hydrogens is 230 g/mol. The SMILES string of the molecule is COC(=O)CN(C)c1ccc(OC)c(C(C)C)c1. The maximum Gasteiger partial charge on any atom is 0.325 e. The Morgan fingerprint density at radius 3 is 2.50 bits per heavy atom. The minimum absolute atomic E-state index is 0.236. The number of methoxy groups -OCH3 is 2. The van der Waals surface area contributed by atoms with Crippen molar-refractivity contribution in [2.45, 2.75) is 19.8 Å². The third kappa shape index (κ3) is 3.39. The Balaban J connectivity index is 2.97. The normalized spacial score (nSPS) is 10.3. The molecule has 0 unspecified atom stereocenters. The zero-order chi connectivity index (χ0) is 13.7. The highest BCUT2D eigenvalue weighted by Gasteiger charge is 2.12. The van der Waals surface area contributed by atoms with Crippen molar-refractivity contribution in [3.8, 4) is 5.75 Å². The van der Waals surface area contributed by atoms with Crippen LogP contribution in [-0.4, -0.2) is 33.8 Å². The first kappa shape index (κ1) is 14.4. The molecule has 0 fully saturated rings. The lowest BCUT2D eigenvalue weighted by atomic mass is 10.0. The van der Waals surface area contributed by atoms with Crippen molar-refractivity contribution >= 4 is 11.7 Å². The van der Waals surface area contributed by atoms with E-state index in [2.05, 4.69) is 18.6 Å². The van der Waals surface area contributed by atoms with E-state index in [0.29, 0.717) is 5.92 Å². The summed E-state index contributed by atoms with van der Waals surface area (Å²) < 4.78 is 9.99. The third-order valence-corrected chi connectivity index (χ3v) is 2.87. The van der Waals surface area contributed by atoms with Gasteiger partial charge in [0, 0.05) is 12.7 Å². The number of nitrogens with zero attached hydrogens (tertiary/aromatic N) is 1. The topological polar surface area (TPSA) is 38.8 Å². The van der Waals surface area contributed by atoms with E-state index < -0.39 is 0 Å². The lowest BCUT2D eigenvalue weighted by molar-refractivity contribution is -0.138. The quantitative estimate of drug-likeness (QED) is 0.753. The van der Waals surface area contributed by atoms with Crippen LogP contribution in [0, 0.1) is 0 Å². The summed E-state index contributed by atoms with van der Waals surface area (Å²) in [5.74, 6) is 0.992. The highest BCUT2D eigenvalue weighted by Crippen LogP contribution is 2.30. The van der Waals surface area contributed by atoms with Gasteiger partial charge in [-0.2, -0.15) is 0 Å². The van der Waals surface area contributed by atoms with Gasteiger partial charge in [-0.15, -0.1) is 0 Å². The molecule has 0 spiro atoms. The first-order valence-electron chi connectivity index (χ1n) is 5.95. The Hall–Kier alpha value is -1.71. The molecule has 0 aliphatic rings. The number of rotatable bonds is 5.